The van der Waals surface area contributed by atoms with Crippen molar-refractivity contribution in [2.75, 3.05) is 31.7 Å². The summed E-state index contributed by atoms with van der Waals surface area (Å²) in [6.07, 6.45) is 3.45. The first-order chi connectivity index (χ1) is 9.69. The van der Waals surface area contributed by atoms with Crippen LogP contribution < -0.4 is 10.1 Å². The van der Waals surface area contributed by atoms with Gasteiger partial charge < -0.3 is 14.8 Å². The summed E-state index contributed by atoms with van der Waals surface area (Å²) in [7, 11) is 0. The lowest BCUT2D eigenvalue weighted by Crippen LogP contribution is -2.13. The summed E-state index contributed by atoms with van der Waals surface area (Å²) in [6, 6.07) is 0. The minimum Gasteiger partial charge on any atom is -0.475 e. The molecular weight excluding hydrogens is 254 g/mol. The Morgan fingerprint density at radius 2 is 2.00 bits per heavy atom. The van der Waals surface area contributed by atoms with E-state index in [9.17, 15) is 0 Å². The molecule has 1 heterocycles. The van der Waals surface area contributed by atoms with E-state index in [0.29, 0.717) is 25.0 Å². The third kappa shape index (κ3) is 5.74. The lowest BCUT2D eigenvalue weighted by Gasteiger charge is -2.13. The van der Waals surface area contributed by atoms with E-state index in [2.05, 4.69) is 43.0 Å². The molecule has 0 saturated carbocycles. The minimum absolute atomic E-state index is 0.518. The molecule has 0 amide bonds. The van der Waals surface area contributed by atoms with E-state index in [-0.39, 0.29) is 0 Å². The molecule has 0 fully saturated rings. The van der Waals surface area contributed by atoms with Gasteiger partial charge >= 0.3 is 0 Å². The van der Waals surface area contributed by atoms with Gasteiger partial charge in [0.05, 0.1) is 12.2 Å². The quantitative estimate of drug-likeness (QED) is 0.668. The van der Waals surface area contributed by atoms with Crippen LogP contribution in [-0.4, -0.2) is 36.3 Å². The maximum atomic E-state index is 5.71. The molecule has 5 nitrogen and oxygen atoms in total. The van der Waals surface area contributed by atoms with Gasteiger partial charge in [0.25, 0.3) is 0 Å². The van der Waals surface area contributed by atoms with Crippen molar-refractivity contribution in [3.8, 4) is 5.88 Å². The summed E-state index contributed by atoms with van der Waals surface area (Å²) < 4.78 is 11.2. The Labute approximate surface area is 122 Å². The molecule has 1 aromatic rings. The molecule has 0 aliphatic heterocycles. The van der Waals surface area contributed by atoms with Gasteiger partial charge in [0.2, 0.25) is 5.88 Å². The zero-order valence-electron chi connectivity index (χ0n) is 13.1. The number of anilines is 1. The molecule has 0 spiro atoms. The number of aromatic nitrogens is 2. The zero-order chi connectivity index (χ0) is 14.8. The number of ether oxygens (including phenoxy) is 2. The zero-order valence-corrected chi connectivity index (χ0v) is 13.1. The first-order valence-electron chi connectivity index (χ1n) is 7.47. The number of hydrogen-bond acceptors (Lipinski definition) is 5. The number of rotatable bonds is 10. The normalized spacial score (nSPS) is 10.8. The van der Waals surface area contributed by atoms with Crippen molar-refractivity contribution >= 4 is 5.82 Å². The topological polar surface area (TPSA) is 56.3 Å². The molecule has 1 rings (SSSR count). The second-order valence-electron chi connectivity index (χ2n) is 5.10. The second-order valence-corrected chi connectivity index (χ2v) is 5.10. The van der Waals surface area contributed by atoms with Crippen molar-refractivity contribution < 1.29 is 9.47 Å². The Morgan fingerprint density at radius 1 is 1.20 bits per heavy atom. The molecule has 114 valence electrons. The largest absolute Gasteiger partial charge is 0.475 e. The maximum absolute atomic E-state index is 5.71. The third-order valence-corrected chi connectivity index (χ3v) is 2.72. The van der Waals surface area contributed by atoms with Crippen molar-refractivity contribution in [1.82, 2.24) is 9.97 Å². The highest BCUT2D eigenvalue weighted by molar-refractivity contribution is 5.48. The highest BCUT2D eigenvalue weighted by Crippen LogP contribution is 2.22. The summed E-state index contributed by atoms with van der Waals surface area (Å²) in [6.45, 7) is 11.2. The van der Waals surface area contributed by atoms with E-state index in [1.807, 2.05) is 0 Å². The van der Waals surface area contributed by atoms with Gasteiger partial charge in [-0.2, -0.15) is 0 Å². The molecule has 0 unspecified atom stereocenters. The summed E-state index contributed by atoms with van der Waals surface area (Å²) in [5, 5.41) is 3.31. The van der Waals surface area contributed by atoms with E-state index in [1.54, 1.807) is 6.33 Å². The van der Waals surface area contributed by atoms with Crippen molar-refractivity contribution in [2.24, 2.45) is 5.92 Å². The van der Waals surface area contributed by atoms with Crippen LogP contribution in [0.2, 0.25) is 0 Å². The van der Waals surface area contributed by atoms with Gasteiger partial charge in [-0.3, -0.25) is 0 Å². The summed E-state index contributed by atoms with van der Waals surface area (Å²) in [4.78, 5) is 8.50. The van der Waals surface area contributed by atoms with Crippen molar-refractivity contribution in [3.05, 3.63) is 11.9 Å². The Balaban J connectivity index is 2.51. The summed E-state index contributed by atoms with van der Waals surface area (Å²) in [5.74, 6) is 2.08. The fourth-order valence-corrected chi connectivity index (χ4v) is 1.75. The standard InChI is InChI=1S/C15H27N3O2/c1-5-7-16-14-13(6-2)15(18-11-17-14)20-9-8-19-10-12(3)4/h11-12H,5-10H2,1-4H3,(H,16,17,18). The highest BCUT2D eigenvalue weighted by atomic mass is 16.5. The fraction of sp³-hybridized carbons (Fsp3) is 0.733. The highest BCUT2D eigenvalue weighted by Gasteiger charge is 2.10. The lowest BCUT2D eigenvalue weighted by atomic mass is 10.2. The van der Waals surface area contributed by atoms with E-state index in [4.69, 9.17) is 9.47 Å². The Morgan fingerprint density at radius 3 is 2.65 bits per heavy atom. The molecule has 0 bridgehead atoms. The van der Waals surface area contributed by atoms with Crippen LogP contribution in [0.3, 0.4) is 0 Å². The molecule has 0 aliphatic rings. The predicted octanol–water partition coefficient (Wildman–Crippen LogP) is 2.91. The SMILES string of the molecule is CCCNc1ncnc(OCCOCC(C)C)c1CC. The minimum atomic E-state index is 0.518. The molecule has 1 aromatic heterocycles. The van der Waals surface area contributed by atoms with Crippen molar-refractivity contribution in [1.29, 1.82) is 0 Å². The van der Waals surface area contributed by atoms with Gasteiger partial charge in [-0.05, 0) is 18.8 Å². The molecule has 20 heavy (non-hydrogen) atoms. The van der Waals surface area contributed by atoms with Crippen LogP contribution in [0.25, 0.3) is 0 Å². The Hall–Kier alpha value is -1.36. The lowest BCUT2D eigenvalue weighted by molar-refractivity contribution is 0.0803. The number of nitrogens with one attached hydrogen (secondary N) is 1. The van der Waals surface area contributed by atoms with Gasteiger partial charge in [0.1, 0.15) is 18.8 Å². The molecule has 0 atom stereocenters. The number of hydrogen-bond donors (Lipinski definition) is 1. The molecule has 0 saturated heterocycles. The Bertz CT molecular complexity index is 383. The van der Waals surface area contributed by atoms with Crippen LogP contribution in [0.15, 0.2) is 6.33 Å². The van der Waals surface area contributed by atoms with Crippen LogP contribution in [-0.2, 0) is 11.2 Å². The van der Waals surface area contributed by atoms with Crippen molar-refractivity contribution in [2.45, 2.75) is 40.5 Å². The van der Waals surface area contributed by atoms with Gasteiger partial charge in [-0.25, -0.2) is 9.97 Å². The van der Waals surface area contributed by atoms with Gasteiger partial charge in [-0.15, -0.1) is 0 Å². The molecule has 1 N–H and O–H groups in total. The first kappa shape index (κ1) is 16.7. The second kappa shape index (κ2) is 9.53. The van der Waals surface area contributed by atoms with Crippen molar-refractivity contribution in [3.63, 3.8) is 0 Å². The third-order valence-electron chi connectivity index (χ3n) is 2.72. The fourth-order valence-electron chi connectivity index (χ4n) is 1.75. The molecule has 0 aromatic carbocycles. The van der Waals surface area contributed by atoms with Crippen LogP contribution in [0.4, 0.5) is 5.82 Å². The van der Waals surface area contributed by atoms with Crippen LogP contribution >= 0.6 is 0 Å². The monoisotopic (exact) mass is 281 g/mol. The predicted molar refractivity (Wildman–Crippen MR) is 81.3 cm³/mol. The molecule has 0 radical (unpaired) electrons. The van der Waals surface area contributed by atoms with Gasteiger partial charge in [0.15, 0.2) is 0 Å². The summed E-state index contributed by atoms with van der Waals surface area (Å²) >= 11 is 0. The number of nitrogens with zero attached hydrogens (tertiary/aromatic N) is 2. The average Bonchev–Trinajstić information content (AvgIpc) is 2.44. The van der Waals surface area contributed by atoms with Crippen LogP contribution in [0.1, 0.15) is 39.7 Å². The van der Waals surface area contributed by atoms with Crippen LogP contribution in [0.5, 0.6) is 5.88 Å². The summed E-state index contributed by atoms with van der Waals surface area (Å²) in [5.41, 5.74) is 1.03. The van der Waals surface area contributed by atoms with E-state index < -0.39 is 0 Å². The molecule has 5 heteroatoms. The van der Waals surface area contributed by atoms with Gasteiger partial charge in [-0.1, -0.05) is 27.7 Å². The smallest absolute Gasteiger partial charge is 0.221 e. The van der Waals surface area contributed by atoms with E-state index >= 15 is 0 Å². The first-order valence-corrected chi connectivity index (χ1v) is 7.47. The Kier molecular flexibility index (Phi) is 7.95. The molecule has 0 aliphatic carbocycles. The maximum Gasteiger partial charge on any atom is 0.221 e. The van der Waals surface area contributed by atoms with E-state index in [0.717, 1.165) is 37.4 Å². The average molecular weight is 281 g/mol. The molecular formula is C15H27N3O2. The van der Waals surface area contributed by atoms with E-state index in [1.165, 1.54) is 0 Å². The van der Waals surface area contributed by atoms with Crippen LogP contribution in [0, 0.1) is 5.92 Å². The van der Waals surface area contributed by atoms with Gasteiger partial charge in [0, 0.05) is 13.2 Å².